The van der Waals surface area contributed by atoms with Crippen LogP contribution in [0.5, 0.6) is 0 Å². The molecular formula is C14H16ClN3O. The first-order valence-corrected chi connectivity index (χ1v) is 6.83. The molecule has 19 heavy (non-hydrogen) atoms. The SMILES string of the molecule is NC1CCN(c2cnoc2-c2ccc(Cl)cc2)CC1. The summed E-state index contributed by atoms with van der Waals surface area (Å²) in [6, 6.07) is 7.92. The van der Waals surface area contributed by atoms with Crippen molar-refractivity contribution >= 4 is 17.3 Å². The minimum atomic E-state index is 0.315. The van der Waals surface area contributed by atoms with Crippen LogP contribution >= 0.6 is 11.6 Å². The zero-order valence-electron chi connectivity index (χ0n) is 10.6. The molecule has 2 N–H and O–H groups in total. The maximum atomic E-state index is 5.94. The first-order valence-electron chi connectivity index (χ1n) is 6.45. The molecule has 1 aliphatic heterocycles. The molecule has 2 aromatic rings. The molecule has 0 bridgehead atoms. The van der Waals surface area contributed by atoms with E-state index in [-0.39, 0.29) is 0 Å². The summed E-state index contributed by atoms with van der Waals surface area (Å²) in [7, 11) is 0. The Bertz CT molecular complexity index is 544. The number of rotatable bonds is 2. The van der Waals surface area contributed by atoms with E-state index in [1.807, 2.05) is 24.3 Å². The van der Waals surface area contributed by atoms with Gasteiger partial charge in [-0.15, -0.1) is 0 Å². The van der Waals surface area contributed by atoms with Gasteiger partial charge in [0.15, 0.2) is 5.76 Å². The molecule has 1 saturated heterocycles. The molecular weight excluding hydrogens is 262 g/mol. The number of benzene rings is 1. The van der Waals surface area contributed by atoms with Crippen LogP contribution in [0, 0.1) is 0 Å². The summed E-state index contributed by atoms with van der Waals surface area (Å²) in [5, 5.41) is 4.65. The van der Waals surface area contributed by atoms with Crippen LogP contribution in [0.15, 0.2) is 35.0 Å². The van der Waals surface area contributed by atoms with Crippen LogP contribution in [0.2, 0.25) is 5.02 Å². The Hall–Kier alpha value is -1.52. The van der Waals surface area contributed by atoms with Gasteiger partial charge in [0.05, 0.1) is 6.20 Å². The van der Waals surface area contributed by atoms with E-state index >= 15 is 0 Å². The highest BCUT2D eigenvalue weighted by atomic mass is 35.5. The van der Waals surface area contributed by atoms with Gasteiger partial charge in [0.1, 0.15) is 5.69 Å². The average molecular weight is 278 g/mol. The molecule has 0 spiro atoms. The van der Waals surface area contributed by atoms with Crippen LogP contribution in [0.1, 0.15) is 12.8 Å². The van der Waals surface area contributed by atoms with E-state index in [0.29, 0.717) is 11.1 Å². The van der Waals surface area contributed by atoms with Gasteiger partial charge in [0.2, 0.25) is 0 Å². The number of aromatic nitrogens is 1. The average Bonchev–Trinajstić information content (AvgIpc) is 2.90. The Morgan fingerprint density at radius 2 is 1.89 bits per heavy atom. The second kappa shape index (κ2) is 5.23. The highest BCUT2D eigenvalue weighted by molar-refractivity contribution is 6.30. The zero-order valence-corrected chi connectivity index (χ0v) is 11.3. The minimum Gasteiger partial charge on any atom is -0.367 e. The van der Waals surface area contributed by atoms with Crippen LogP contribution < -0.4 is 10.6 Å². The zero-order chi connectivity index (χ0) is 13.2. The number of piperidine rings is 1. The standard InChI is InChI=1S/C14H16ClN3O/c15-11-3-1-10(2-4-11)14-13(9-17-19-14)18-7-5-12(16)6-8-18/h1-4,9,12H,5-8,16H2. The van der Waals surface area contributed by atoms with Crippen LogP contribution in [0.3, 0.4) is 0 Å². The highest BCUT2D eigenvalue weighted by Crippen LogP contribution is 2.32. The predicted molar refractivity (Wildman–Crippen MR) is 76.4 cm³/mol. The fourth-order valence-corrected chi connectivity index (χ4v) is 2.53. The number of hydrogen-bond donors (Lipinski definition) is 1. The molecule has 0 radical (unpaired) electrons. The summed E-state index contributed by atoms with van der Waals surface area (Å²) in [6.07, 6.45) is 3.79. The van der Waals surface area contributed by atoms with Crippen molar-refractivity contribution < 1.29 is 4.52 Å². The van der Waals surface area contributed by atoms with Crippen molar-refractivity contribution in [2.45, 2.75) is 18.9 Å². The van der Waals surface area contributed by atoms with Gasteiger partial charge in [-0.3, -0.25) is 0 Å². The van der Waals surface area contributed by atoms with E-state index < -0.39 is 0 Å². The topological polar surface area (TPSA) is 55.3 Å². The molecule has 4 nitrogen and oxygen atoms in total. The number of hydrogen-bond acceptors (Lipinski definition) is 4. The summed E-state index contributed by atoms with van der Waals surface area (Å²) in [4.78, 5) is 2.28. The smallest absolute Gasteiger partial charge is 0.190 e. The van der Waals surface area contributed by atoms with Crippen LogP contribution in [-0.2, 0) is 0 Å². The summed E-state index contributed by atoms with van der Waals surface area (Å²) >= 11 is 5.91. The van der Waals surface area contributed by atoms with Crippen molar-refractivity contribution in [3.63, 3.8) is 0 Å². The van der Waals surface area contributed by atoms with Gasteiger partial charge in [-0.05, 0) is 37.1 Å². The molecule has 0 atom stereocenters. The molecule has 0 aliphatic carbocycles. The predicted octanol–water partition coefficient (Wildman–Crippen LogP) is 2.92. The van der Waals surface area contributed by atoms with Crippen LogP contribution in [0.25, 0.3) is 11.3 Å². The van der Waals surface area contributed by atoms with Gasteiger partial charge in [-0.25, -0.2) is 0 Å². The Kier molecular flexibility index (Phi) is 3.44. The lowest BCUT2D eigenvalue weighted by Crippen LogP contribution is -2.39. The first kappa shape index (κ1) is 12.5. The number of nitrogens with zero attached hydrogens (tertiary/aromatic N) is 2. The van der Waals surface area contributed by atoms with Gasteiger partial charge in [-0.2, -0.15) is 0 Å². The second-order valence-corrected chi connectivity index (χ2v) is 5.31. The van der Waals surface area contributed by atoms with Crippen molar-refractivity contribution in [1.29, 1.82) is 0 Å². The van der Waals surface area contributed by atoms with Crippen molar-refractivity contribution in [2.24, 2.45) is 5.73 Å². The Morgan fingerprint density at radius 3 is 2.58 bits per heavy atom. The first-order chi connectivity index (χ1) is 9.24. The highest BCUT2D eigenvalue weighted by Gasteiger charge is 2.21. The quantitative estimate of drug-likeness (QED) is 0.917. The molecule has 100 valence electrons. The Labute approximate surface area is 117 Å². The van der Waals surface area contributed by atoms with Crippen molar-refractivity contribution in [2.75, 3.05) is 18.0 Å². The second-order valence-electron chi connectivity index (χ2n) is 4.87. The summed E-state index contributed by atoms with van der Waals surface area (Å²) < 4.78 is 5.40. The fraction of sp³-hybridized carbons (Fsp3) is 0.357. The molecule has 2 heterocycles. The van der Waals surface area contributed by atoms with E-state index in [1.54, 1.807) is 6.20 Å². The molecule has 1 aromatic heterocycles. The van der Waals surface area contributed by atoms with Gasteiger partial charge in [0.25, 0.3) is 0 Å². The van der Waals surface area contributed by atoms with Crippen molar-refractivity contribution in [1.82, 2.24) is 5.16 Å². The Balaban J connectivity index is 1.88. The van der Waals surface area contributed by atoms with Gasteiger partial charge in [-0.1, -0.05) is 16.8 Å². The van der Waals surface area contributed by atoms with Gasteiger partial charge < -0.3 is 15.2 Å². The third kappa shape index (κ3) is 2.60. The van der Waals surface area contributed by atoms with Gasteiger partial charge in [0, 0.05) is 29.7 Å². The molecule has 1 aromatic carbocycles. The minimum absolute atomic E-state index is 0.315. The van der Waals surface area contributed by atoms with Crippen LogP contribution in [0.4, 0.5) is 5.69 Å². The molecule has 0 saturated carbocycles. The molecule has 5 heteroatoms. The van der Waals surface area contributed by atoms with E-state index in [4.69, 9.17) is 21.9 Å². The lowest BCUT2D eigenvalue weighted by Gasteiger charge is -2.31. The number of nitrogens with two attached hydrogens (primary N) is 1. The van der Waals surface area contributed by atoms with Gasteiger partial charge >= 0.3 is 0 Å². The third-order valence-electron chi connectivity index (χ3n) is 3.54. The van der Waals surface area contributed by atoms with E-state index in [2.05, 4.69) is 10.1 Å². The van der Waals surface area contributed by atoms with E-state index in [9.17, 15) is 0 Å². The number of anilines is 1. The molecule has 0 unspecified atom stereocenters. The lowest BCUT2D eigenvalue weighted by molar-refractivity contribution is 0.431. The van der Waals surface area contributed by atoms with E-state index in [0.717, 1.165) is 42.9 Å². The van der Waals surface area contributed by atoms with Crippen molar-refractivity contribution in [3.05, 3.63) is 35.5 Å². The molecule has 1 fully saturated rings. The summed E-state index contributed by atoms with van der Waals surface area (Å²) in [5.41, 5.74) is 7.96. The summed E-state index contributed by atoms with van der Waals surface area (Å²) in [6.45, 7) is 1.89. The third-order valence-corrected chi connectivity index (χ3v) is 3.79. The lowest BCUT2D eigenvalue weighted by atomic mass is 10.0. The monoisotopic (exact) mass is 277 g/mol. The molecule has 3 rings (SSSR count). The normalized spacial score (nSPS) is 16.8. The maximum Gasteiger partial charge on any atom is 0.190 e. The number of halogens is 1. The maximum absolute atomic E-state index is 5.94. The Morgan fingerprint density at radius 1 is 1.21 bits per heavy atom. The summed E-state index contributed by atoms with van der Waals surface area (Å²) in [5.74, 6) is 0.798. The fourth-order valence-electron chi connectivity index (χ4n) is 2.40. The largest absolute Gasteiger partial charge is 0.367 e. The van der Waals surface area contributed by atoms with Crippen molar-refractivity contribution in [3.8, 4) is 11.3 Å². The molecule has 0 amide bonds. The van der Waals surface area contributed by atoms with Crippen LogP contribution in [-0.4, -0.2) is 24.3 Å². The van der Waals surface area contributed by atoms with E-state index in [1.165, 1.54) is 0 Å². The molecule has 1 aliphatic rings.